The number of furan rings is 1. The second-order valence-electron chi connectivity index (χ2n) is 4.43. The molecule has 1 N–H and O–H groups in total. The van der Waals surface area contributed by atoms with Crippen LogP contribution in [-0.4, -0.2) is 10.9 Å². The first-order chi connectivity index (χ1) is 9.63. The highest BCUT2D eigenvalue weighted by Crippen LogP contribution is 2.21. The van der Waals surface area contributed by atoms with Crippen LogP contribution in [0, 0.1) is 6.92 Å². The lowest BCUT2D eigenvalue weighted by Gasteiger charge is -2.04. The largest absolute Gasteiger partial charge is 0.451 e. The number of nitrogens with one attached hydrogen (secondary N) is 1. The number of nitrogens with zero attached hydrogens (tertiary/aromatic N) is 1. The first-order valence-corrected chi connectivity index (χ1v) is 6.43. The van der Waals surface area contributed by atoms with Crippen molar-refractivity contribution in [2.75, 3.05) is 5.32 Å². The van der Waals surface area contributed by atoms with Gasteiger partial charge in [0.05, 0.1) is 11.9 Å². The number of hydrogen-bond donors (Lipinski definition) is 1. The van der Waals surface area contributed by atoms with Gasteiger partial charge in [-0.25, -0.2) is 4.98 Å². The topological polar surface area (TPSA) is 55.1 Å². The Morgan fingerprint density at radius 3 is 2.85 bits per heavy atom. The molecule has 0 bridgehead atoms. The Hall–Kier alpha value is -2.33. The summed E-state index contributed by atoms with van der Waals surface area (Å²) in [4.78, 5) is 16.1. The van der Waals surface area contributed by atoms with Crippen LogP contribution in [-0.2, 0) is 0 Å². The number of carbonyl (C=O) groups is 1. The molecule has 0 radical (unpaired) electrons. The van der Waals surface area contributed by atoms with Crippen LogP contribution in [0.5, 0.6) is 0 Å². The minimum Gasteiger partial charge on any atom is -0.451 e. The van der Waals surface area contributed by atoms with Crippen LogP contribution in [0.4, 0.5) is 5.69 Å². The van der Waals surface area contributed by atoms with E-state index in [-0.39, 0.29) is 11.7 Å². The number of halogens is 1. The first-order valence-electron chi connectivity index (χ1n) is 6.05. The zero-order valence-corrected chi connectivity index (χ0v) is 11.4. The molecule has 0 aliphatic rings. The van der Waals surface area contributed by atoms with Crippen molar-refractivity contribution in [2.45, 2.75) is 6.92 Å². The smallest absolute Gasteiger partial charge is 0.291 e. The van der Waals surface area contributed by atoms with Crippen LogP contribution in [0.1, 0.15) is 16.1 Å². The number of para-hydroxylation sites is 1. The molecule has 2 heterocycles. The van der Waals surface area contributed by atoms with E-state index in [0.29, 0.717) is 16.4 Å². The van der Waals surface area contributed by atoms with E-state index in [0.717, 1.165) is 10.9 Å². The Bertz CT molecular complexity index is 762. The highest BCUT2D eigenvalue weighted by Gasteiger charge is 2.12. The average Bonchev–Trinajstić information content (AvgIpc) is 2.87. The lowest BCUT2D eigenvalue weighted by Crippen LogP contribution is -2.11. The Kier molecular flexibility index (Phi) is 3.16. The van der Waals surface area contributed by atoms with Crippen LogP contribution in [0.2, 0.25) is 5.15 Å². The van der Waals surface area contributed by atoms with Crippen molar-refractivity contribution in [3.8, 4) is 0 Å². The molecular weight excluding hydrogens is 276 g/mol. The third-order valence-corrected chi connectivity index (χ3v) is 3.32. The number of amides is 1. The lowest BCUT2D eigenvalue weighted by molar-refractivity contribution is 0.0998. The molecule has 3 aromatic rings. The van der Waals surface area contributed by atoms with Gasteiger partial charge in [0, 0.05) is 5.39 Å². The summed E-state index contributed by atoms with van der Waals surface area (Å²) in [5.74, 6) is -0.0523. The highest BCUT2D eigenvalue weighted by atomic mass is 35.5. The second kappa shape index (κ2) is 4.98. The molecule has 100 valence electrons. The predicted octanol–water partition coefficient (Wildman–Crippen LogP) is 4.04. The summed E-state index contributed by atoms with van der Waals surface area (Å²) in [6, 6.07) is 10.9. The van der Waals surface area contributed by atoms with E-state index in [1.54, 1.807) is 12.1 Å². The van der Waals surface area contributed by atoms with E-state index >= 15 is 0 Å². The Labute approximate surface area is 120 Å². The van der Waals surface area contributed by atoms with Crippen molar-refractivity contribution in [3.05, 3.63) is 59.1 Å². The minimum atomic E-state index is -0.315. The molecule has 0 saturated heterocycles. The molecule has 0 unspecified atom stereocenters. The standard InChI is InChI=1S/C15H11ClN2O2/c1-9-6-11(8-17-14(9)16)18-15(19)13-7-10-4-2-3-5-12(10)20-13/h2-8H,1H3,(H,18,19). The van der Waals surface area contributed by atoms with Crippen LogP contribution in [0.15, 0.2) is 47.0 Å². The van der Waals surface area contributed by atoms with Gasteiger partial charge >= 0.3 is 0 Å². The van der Waals surface area contributed by atoms with E-state index in [1.807, 2.05) is 31.2 Å². The van der Waals surface area contributed by atoms with Crippen molar-refractivity contribution in [1.82, 2.24) is 4.98 Å². The highest BCUT2D eigenvalue weighted by molar-refractivity contribution is 6.30. The summed E-state index contributed by atoms with van der Waals surface area (Å²) in [6.45, 7) is 1.83. The van der Waals surface area contributed by atoms with Gasteiger partial charge in [0.25, 0.3) is 5.91 Å². The molecule has 3 rings (SSSR count). The van der Waals surface area contributed by atoms with Crippen molar-refractivity contribution in [1.29, 1.82) is 0 Å². The van der Waals surface area contributed by atoms with Gasteiger partial charge in [-0.3, -0.25) is 4.79 Å². The number of rotatable bonds is 2. The van der Waals surface area contributed by atoms with Crippen molar-refractivity contribution >= 4 is 34.2 Å². The summed E-state index contributed by atoms with van der Waals surface area (Å²) < 4.78 is 5.50. The van der Waals surface area contributed by atoms with Crippen molar-refractivity contribution in [2.24, 2.45) is 0 Å². The summed E-state index contributed by atoms with van der Waals surface area (Å²) >= 11 is 5.85. The fourth-order valence-electron chi connectivity index (χ4n) is 1.91. The van der Waals surface area contributed by atoms with Crippen molar-refractivity contribution < 1.29 is 9.21 Å². The molecular formula is C15H11ClN2O2. The number of aromatic nitrogens is 1. The number of fused-ring (bicyclic) bond motifs is 1. The number of benzene rings is 1. The quantitative estimate of drug-likeness (QED) is 0.723. The van der Waals surface area contributed by atoms with E-state index < -0.39 is 0 Å². The third-order valence-electron chi connectivity index (χ3n) is 2.92. The molecule has 0 saturated carbocycles. The normalized spacial score (nSPS) is 10.7. The maximum absolute atomic E-state index is 12.1. The van der Waals surface area contributed by atoms with Crippen molar-refractivity contribution in [3.63, 3.8) is 0 Å². The van der Waals surface area contributed by atoms with E-state index in [4.69, 9.17) is 16.0 Å². The van der Waals surface area contributed by atoms with Gasteiger partial charge in [0.15, 0.2) is 5.76 Å². The Balaban J connectivity index is 1.86. The fraction of sp³-hybridized carbons (Fsp3) is 0.0667. The zero-order chi connectivity index (χ0) is 14.1. The molecule has 2 aromatic heterocycles. The molecule has 1 aromatic carbocycles. The van der Waals surface area contributed by atoms with Gasteiger partial charge in [-0.15, -0.1) is 0 Å². The van der Waals surface area contributed by atoms with Crippen LogP contribution < -0.4 is 5.32 Å². The maximum Gasteiger partial charge on any atom is 0.291 e. The predicted molar refractivity (Wildman–Crippen MR) is 78.2 cm³/mol. The molecule has 0 atom stereocenters. The molecule has 0 aliphatic heterocycles. The second-order valence-corrected chi connectivity index (χ2v) is 4.79. The van der Waals surface area contributed by atoms with Gasteiger partial charge in [0.1, 0.15) is 10.7 Å². The zero-order valence-electron chi connectivity index (χ0n) is 10.7. The first kappa shape index (κ1) is 12.7. The van der Waals surface area contributed by atoms with E-state index in [1.165, 1.54) is 6.20 Å². The van der Waals surface area contributed by atoms with Crippen LogP contribution in [0.3, 0.4) is 0 Å². The van der Waals surface area contributed by atoms with Crippen LogP contribution in [0.25, 0.3) is 11.0 Å². The maximum atomic E-state index is 12.1. The molecule has 5 heteroatoms. The molecule has 4 nitrogen and oxygen atoms in total. The third kappa shape index (κ3) is 2.38. The fourth-order valence-corrected chi connectivity index (χ4v) is 2.02. The number of pyridine rings is 1. The van der Waals surface area contributed by atoms with Gasteiger partial charge < -0.3 is 9.73 Å². The molecule has 1 amide bonds. The summed E-state index contributed by atoms with van der Waals surface area (Å²) in [7, 11) is 0. The summed E-state index contributed by atoms with van der Waals surface area (Å²) in [5.41, 5.74) is 2.06. The Morgan fingerprint density at radius 1 is 1.30 bits per heavy atom. The van der Waals surface area contributed by atoms with Gasteiger partial charge in [-0.05, 0) is 30.7 Å². The van der Waals surface area contributed by atoms with Gasteiger partial charge in [0.2, 0.25) is 0 Å². The summed E-state index contributed by atoms with van der Waals surface area (Å²) in [6.07, 6.45) is 1.51. The molecule has 0 fully saturated rings. The molecule has 0 aliphatic carbocycles. The Morgan fingerprint density at radius 2 is 2.10 bits per heavy atom. The summed E-state index contributed by atoms with van der Waals surface area (Å²) in [5, 5.41) is 4.05. The SMILES string of the molecule is Cc1cc(NC(=O)c2cc3ccccc3o2)cnc1Cl. The monoisotopic (exact) mass is 286 g/mol. The molecule has 0 spiro atoms. The molecule has 20 heavy (non-hydrogen) atoms. The number of aryl methyl sites for hydroxylation is 1. The van der Waals surface area contributed by atoms with Gasteiger partial charge in [-0.1, -0.05) is 29.8 Å². The minimum absolute atomic E-state index is 0.263. The number of anilines is 1. The van der Waals surface area contributed by atoms with Crippen LogP contribution >= 0.6 is 11.6 Å². The van der Waals surface area contributed by atoms with E-state index in [2.05, 4.69) is 10.3 Å². The van der Waals surface area contributed by atoms with Gasteiger partial charge in [-0.2, -0.15) is 0 Å². The lowest BCUT2D eigenvalue weighted by atomic mass is 10.2. The average molecular weight is 287 g/mol. The number of carbonyl (C=O) groups excluding carboxylic acids is 1. The van der Waals surface area contributed by atoms with E-state index in [9.17, 15) is 4.79 Å². The number of hydrogen-bond acceptors (Lipinski definition) is 3.